The van der Waals surface area contributed by atoms with E-state index in [1.54, 1.807) is 6.07 Å². The Morgan fingerprint density at radius 3 is 2.36 bits per heavy atom. The van der Waals surface area contributed by atoms with Crippen LogP contribution in [0.2, 0.25) is 0 Å². The fourth-order valence-electron chi connectivity index (χ4n) is 2.08. The summed E-state index contributed by atoms with van der Waals surface area (Å²) in [5, 5.41) is 13.1. The Morgan fingerprint density at radius 1 is 0.960 bits per heavy atom. The first kappa shape index (κ1) is 16.5. The van der Waals surface area contributed by atoms with Crippen molar-refractivity contribution in [1.82, 2.24) is 10.2 Å². The molecule has 5 nitrogen and oxygen atoms in total. The van der Waals surface area contributed by atoms with Crippen molar-refractivity contribution < 1.29 is 13.6 Å². The van der Waals surface area contributed by atoms with Crippen LogP contribution in [0.4, 0.5) is 26.0 Å². The third-order valence-corrected chi connectivity index (χ3v) is 3.40. The van der Waals surface area contributed by atoms with Crippen LogP contribution in [0.3, 0.4) is 0 Å². The normalized spacial score (nSPS) is 10.4. The third kappa shape index (κ3) is 4.14. The highest BCUT2D eigenvalue weighted by atomic mass is 19.1. The van der Waals surface area contributed by atoms with Crippen LogP contribution in [0.15, 0.2) is 54.6 Å². The Balaban J connectivity index is 1.68. The molecule has 3 rings (SSSR count). The maximum Gasteiger partial charge on any atom is 0.276 e. The highest BCUT2D eigenvalue weighted by molar-refractivity contribution is 6.02. The molecule has 7 heteroatoms. The molecule has 2 N–H and O–H groups in total. The van der Waals surface area contributed by atoms with Gasteiger partial charge >= 0.3 is 0 Å². The van der Waals surface area contributed by atoms with Gasteiger partial charge in [0.2, 0.25) is 0 Å². The number of aryl methyl sites for hydroxylation is 1. The minimum absolute atomic E-state index is 0.0122. The molecule has 1 amide bonds. The largest absolute Gasteiger partial charge is 0.339 e. The average molecular weight is 340 g/mol. The van der Waals surface area contributed by atoms with Gasteiger partial charge in [0.1, 0.15) is 11.6 Å². The molecule has 0 spiro atoms. The Bertz CT molecular complexity index is 896. The second-order valence-corrected chi connectivity index (χ2v) is 5.37. The molecule has 126 valence electrons. The molecule has 0 aliphatic heterocycles. The van der Waals surface area contributed by atoms with Crippen molar-refractivity contribution >= 4 is 23.1 Å². The lowest BCUT2D eigenvalue weighted by molar-refractivity contribution is 0.102. The Labute approximate surface area is 142 Å². The molecule has 2 aromatic carbocycles. The van der Waals surface area contributed by atoms with Crippen molar-refractivity contribution in [3.63, 3.8) is 0 Å². The van der Waals surface area contributed by atoms with Crippen molar-refractivity contribution in [2.75, 3.05) is 10.6 Å². The Morgan fingerprint density at radius 2 is 1.72 bits per heavy atom. The van der Waals surface area contributed by atoms with Gasteiger partial charge in [0.15, 0.2) is 11.5 Å². The molecule has 0 radical (unpaired) electrons. The summed E-state index contributed by atoms with van der Waals surface area (Å²) < 4.78 is 26.4. The van der Waals surface area contributed by atoms with E-state index in [-0.39, 0.29) is 11.4 Å². The van der Waals surface area contributed by atoms with Crippen LogP contribution in [0.5, 0.6) is 0 Å². The van der Waals surface area contributed by atoms with E-state index in [0.29, 0.717) is 11.9 Å². The molecule has 0 bridgehead atoms. The van der Waals surface area contributed by atoms with Crippen molar-refractivity contribution in [3.05, 3.63) is 77.5 Å². The van der Waals surface area contributed by atoms with E-state index in [9.17, 15) is 13.6 Å². The molecule has 0 atom stereocenters. The van der Waals surface area contributed by atoms with Gasteiger partial charge in [0.05, 0.1) is 5.69 Å². The third-order valence-electron chi connectivity index (χ3n) is 3.40. The van der Waals surface area contributed by atoms with Crippen LogP contribution in [0, 0.1) is 18.6 Å². The number of hydrogen-bond donors (Lipinski definition) is 2. The van der Waals surface area contributed by atoms with Gasteiger partial charge in [0, 0.05) is 11.8 Å². The van der Waals surface area contributed by atoms with Crippen molar-refractivity contribution in [1.29, 1.82) is 0 Å². The highest BCUT2D eigenvalue weighted by Crippen LogP contribution is 2.17. The zero-order chi connectivity index (χ0) is 17.8. The topological polar surface area (TPSA) is 66.9 Å². The Kier molecular flexibility index (Phi) is 4.65. The number of anilines is 3. The van der Waals surface area contributed by atoms with Crippen LogP contribution in [0.1, 0.15) is 16.1 Å². The van der Waals surface area contributed by atoms with Gasteiger partial charge in [-0.25, -0.2) is 8.78 Å². The summed E-state index contributed by atoms with van der Waals surface area (Å²) in [6, 6.07) is 13.6. The van der Waals surface area contributed by atoms with E-state index in [0.717, 1.165) is 23.4 Å². The fourth-order valence-corrected chi connectivity index (χ4v) is 2.08. The molecule has 0 saturated heterocycles. The van der Waals surface area contributed by atoms with Gasteiger partial charge in [-0.1, -0.05) is 17.7 Å². The summed E-state index contributed by atoms with van der Waals surface area (Å²) in [5.74, 6) is -1.76. The minimum Gasteiger partial charge on any atom is -0.339 e. The van der Waals surface area contributed by atoms with Gasteiger partial charge in [-0.05, 0) is 43.3 Å². The summed E-state index contributed by atoms with van der Waals surface area (Å²) >= 11 is 0. The standard InChI is InChI=1S/C18H14F2N4O/c1-11-2-5-13(6-3-11)21-17-9-8-16(23-24-17)18(25)22-15-7-4-12(19)10-14(15)20/h2-10H,1H3,(H,21,24)(H,22,25). The zero-order valence-electron chi connectivity index (χ0n) is 13.3. The quantitative estimate of drug-likeness (QED) is 0.752. The summed E-state index contributed by atoms with van der Waals surface area (Å²) in [5.41, 5.74) is 1.86. The molecule has 1 heterocycles. The number of halogens is 2. The van der Waals surface area contributed by atoms with Gasteiger partial charge in [-0.2, -0.15) is 0 Å². The lowest BCUT2D eigenvalue weighted by Gasteiger charge is -2.07. The number of nitrogens with one attached hydrogen (secondary N) is 2. The lowest BCUT2D eigenvalue weighted by Crippen LogP contribution is -2.15. The predicted molar refractivity (Wildman–Crippen MR) is 90.8 cm³/mol. The monoisotopic (exact) mass is 340 g/mol. The maximum absolute atomic E-state index is 13.6. The van der Waals surface area contributed by atoms with Crippen LogP contribution in [0.25, 0.3) is 0 Å². The van der Waals surface area contributed by atoms with E-state index >= 15 is 0 Å². The van der Waals surface area contributed by atoms with Crippen molar-refractivity contribution in [2.24, 2.45) is 0 Å². The number of aromatic nitrogens is 2. The van der Waals surface area contributed by atoms with Crippen LogP contribution < -0.4 is 10.6 Å². The summed E-state index contributed by atoms with van der Waals surface area (Å²) in [6.07, 6.45) is 0. The van der Waals surface area contributed by atoms with E-state index in [1.165, 1.54) is 6.07 Å². The van der Waals surface area contributed by atoms with E-state index in [2.05, 4.69) is 20.8 Å². The van der Waals surface area contributed by atoms with Gasteiger partial charge in [-0.3, -0.25) is 4.79 Å². The first-order valence-corrected chi connectivity index (χ1v) is 7.45. The maximum atomic E-state index is 13.6. The van der Waals surface area contributed by atoms with Crippen LogP contribution in [-0.2, 0) is 0 Å². The molecule has 3 aromatic rings. The molecular formula is C18H14F2N4O. The second kappa shape index (κ2) is 7.04. The molecule has 0 saturated carbocycles. The van der Waals surface area contributed by atoms with E-state index in [1.807, 2.05) is 31.2 Å². The van der Waals surface area contributed by atoms with Gasteiger partial charge in [0.25, 0.3) is 5.91 Å². The average Bonchev–Trinajstić information content (AvgIpc) is 2.60. The SMILES string of the molecule is Cc1ccc(Nc2ccc(C(=O)Nc3ccc(F)cc3F)nn2)cc1. The first-order valence-electron chi connectivity index (χ1n) is 7.45. The first-order chi connectivity index (χ1) is 12.0. The second-order valence-electron chi connectivity index (χ2n) is 5.37. The number of amides is 1. The van der Waals surface area contributed by atoms with Crippen molar-refractivity contribution in [2.45, 2.75) is 6.92 Å². The number of nitrogens with zero attached hydrogens (tertiary/aromatic N) is 2. The molecule has 0 aliphatic rings. The van der Waals surface area contributed by atoms with Gasteiger partial charge in [-0.15, -0.1) is 10.2 Å². The lowest BCUT2D eigenvalue weighted by atomic mass is 10.2. The van der Waals surface area contributed by atoms with E-state index < -0.39 is 17.5 Å². The molecule has 0 unspecified atom stereocenters. The summed E-state index contributed by atoms with van der Waals surface area (Å²) in [6.45, 7) is 1.99. The zero-order valence-corrected chi connectivity index (χ0v) is 13.3. The van der Waals surface area contributed by atoms with Gasteiger partial charge < -0.3 is 10.6 Å². The number of carbonyl (C=O) groups is 1. The summed E-state index contributed by atoms with van der Waals surface area (Å²) in [4.78, 5) is 12.1. The minimum atomic E-state index is -0.862. The number of carbonyl (C=O) groups excluding carboxylic acids is 1. The number of rotatable bonds is 4. The molecule has 0 aliphatic carbocycles. The molecular weight excluding hydrogens is 326 g/mol. The molecule has 25 heavy (non-hydrogen) atoms. The Hall–Kier alpha value is -3.35. The molecule has 1 aromatic heterocycles. The predicted octanol–water partition coefficient (Wildman–Crippen LogP) is 4.06. The number of benzene rings is 2. The highest BCUT2D eigenvalue weighted by Gasteiger charge is 2.12. The number of hydrogen-bond acceptors (Lipinski definition) is 4. The molecule has 0 fully saturated rings. The van der Waals surface area contributed by atoms with Crippen LogP contribution in [-0.4, -0.2) is 16.1 Å². The van der Waals surface area contributed by atoms with E-state index in [4.69, 9.17) is 0 Å². The van der Waals surface area contributed by atoms with Crippen molar-refractivity contribution in [3.8, 4) is 0 Å². The summed E-state index contributed by atoms with van der Waals surface area (Å²) in [7, 11) is 0. The smallest absolute Gasteiger partial charge is 0.276 e. The fraction of sp³-hybridized carbons (Fsp3) is 0.0556. The van der Waals surface area contributed by atoms with Crippen LogP contribution >= 0.6 is 0 Å².